The van der Waals surface area contributed by atoms with Crippen LogP contribution in [0.15, 0.2) is 52.3 Å². The molecule has 110 valence electrons. The van der Waals surface area contributed by atoms with Crippen molar-refractivity contribution in [1.82, 2.24) is 0 Å². The fraction of sp³-hybridized carbons (Fsp3) is 0.250. The van der Waals surface area contributed by atoms with Crippen molar-refractivity contribution in [2.75, 3.05) is 29.7 Å². The molecule has 0 amide bonds. The van der Waals surface area contributed by atoms with Gasteiger partial charge in [-0.15, -0.1) is 23.2 Å². The average Bonchev–Trinajstić information content (AvgIpc) is 2.80. The molecule has 3 rings (SSSR count). The van der Waals surface area contributed by atoms with Gasteiger partial charge in [-0.1, -0.05) is 18.2 Å². The van der Waals surface area contributed by atoms with E-state index in [0.29, 0.717) is 11.8 Å². The second-order valence-electron chi connectivity index (χ2n) is 4.81. The summed E-state index contributed by atoms with van der Waals surface area (Å²) >= 11 is 11.7. The standard InChI is InChI=1S/C16H15Cl2NOS/c17-7-9-19(10-8-18)12-5-6-16-14(11-12)13-3-1-2-4-15(13)21(16)20/h1-6,11H,7-10H2. The van der Waals surface area contributed by atoms with Crippen LogP contribution in [0.4, 0.5) is 5.69 Å². The number of nitrogens with zero attached hydrogens (tertiary/aromatic N) is 1. The maximum absolute atomic E-state index is 12.5. The van der Waals surface area contributed by atoms with E-state index in [4.69, 9.17) is 23.2 Å². The molecule has 2 nitrogen and oxygen atoms in total. The monoisotopic (exact) mass is 339 g/mol. The van der Waals surface area contributed by atoms with Crippen molar-refractivity contribution in [2.24, 2.45) is 0 Å². The van der Waals surface area contributed by atoms with Crippen LogP contribution in [-0.4, -0.2) is 29.1 Å². The molecule has 5 heteroatoms. The first-order valence-electron chi connectivity index (χ1n) is 6.78. The van der Waals surface area contributed by atoms with Crippen molar-refractivity contribution in [3.05, 3.63) is 42.5 Å². The molecule has 1 heterocycles. The molecular formula is C16H15Cl2NOS. The molecule has 1 aliphatic rings. The van der Waals surface area contributed by atoms with Gasteiger partial charge in [0.15, 0.2) is 0 Å². The van der Waals surface area contributed by atoms with Crippen LogP contribution in [0.25, 0.3) is 11.1 Å². The zero-order valence-electron chi connectivity index (χ0n) is 11.4. The molecule has 1 unspecified atom stereocenters. The predicted molar refractivity (Wildman–Crippen MR) is 90.2 cm³/mol. The number of rotatable bonds is 5. The zero-order chi connectivity index (χ0) is 14.8. The molecule has 21 heavy (non-hydrogen) atoms. The SMILES string of the molecule is O=S1c2ccccc2-c2cc(N(CCCl)CCCl)ccc21. The van der Waals surface area contributed by atoms with E-state index in [1.54, 1.807) is 0 Å². The molecule has 0 aromatic heterocycles. The van der Waals surface area contributed by atoms with Crippen molar-refractivity contribution < 1.29 is 4.21 Å². The van der Waals surface area contributed by atoms with Crippen LogP contribution in [0, 0.1) is 0 Å². The number of halogens is 2. The van der Waals surface area contributed by atoms with Gasteiger partial charge < -0.3 is 4.90 Å². The first-order valence-corrected chi connectivity index (χ1v) is 9.00. The Morgan fingerprint density at radius 2 is 1.57 bits per heavy atom. The molecule has 1 aliphatic heterocycles. The van der Waals surface area contributed by atoms with E-state index in [0.717, 1.165) is 39.7 Å². The Morgan fingerprint density at radius 1 is 0.905 bits per heavy atom. The van der Waals surface area contributed by atoms with Gasteiger partial charge in [0.1, 0.15) is 0 Å². The molecule has 2 aromatic rings. The van der Waals surface area contributed by atoms with Crippen LogP contribution in [0.3, 0.4) is 0 Å². The van der Waals surface area contributed by atoms with Crippen LogP contribution in [0.5, 0.6) is 0 Å². The molecule has 2 aromatic carbocycles. The molecule has 0 bridgehead atoms. The van der Waals surface area contributed by atoms with Crippen molar-refractivity contribution in [3.63, 3.8) is 0 Å². The molecule has 0 aliphatic carbocycles. The third kappa shape index (κ3) is 2.70. The maximum Gasteiger partial charge on any atom is 0.0862 e. The summed E-state index contributed by atoms with van der Waals surface area (Å²) in [4.78, 5) is 3.94. The summed E-state index contributed by atoms with van der Waals surface area (Å²) in [5.41, 5.74) is 3.18. The predicted octanol–water partition coefficient (Wildman–Crippen LogP) is 4.12. The highest BCUT2D eigenvalue weighted by atomic mass is 35.5. The van der Waals surface area contributed by atoms with Crippen molar-refractivity contribution >= 4 is 39.7 Å². The fourth-order valence-corrected chi connectivity index (χ4v) is 4.42. The molecule has 0 spiro atoms. The van der Waals surface area contributed by atoms with E-state index in [1.165, 1.54) is 0 Å². The lowest BCUT2D eigenvalue weighted by Crippen LogP contribution is -2.27. The Bertz CT molecular complexity index is 684. The summed E-state index contributed by atoms with van der Waals surface area (Å²) in [6.45, 7) is 1.50. The minimum absolute atomic E-state index is 0.552. The lowest BCUT2D eigenvalue weighted by molar-refractivity contribution is 0.685. The molecule has 0 N–H and O–H groups in total. The first-order chi connectivity index (χ1) is 10.3. The van der Waals surface area contributed by atoms with Crippen LogP contribution < -0.4 is 4.90 Å². The van der Waals surface area contributed by atoms with Crippen LogP contribution in [0.1, 0.15) is 0 Å². The van der Waals surface area contributed by atoms with Gasteiger partial charge in [-0.3, -0.25) is 0 Å². The highest BCUT2D eigenvalue weighted by Gasteiger charge is 2.25. The van der Waals surface area contributed by atoms with Crippen LogP contribution in [-0.2, 0) is 10.8 Å². The van der Waals surface area contributed by atoms with E-state index >= 15 is 0 Å². The number of alkyl halides is 2. The molecule has 0 radical (unpaired) electrons. The van der Waals surface area contributed by atoms with E-state index in [9.17, 15) is 4.21 Å². The highest BCUT2D eigenvalue weighted by Crippen LogP contribution is 2.42. The second kappa shape index (κ2) is 6.39. The van der Waals surface area contributed by atoms with Gasteiger partial charge in [0, 0.05) is 36.1 Å². The second-order valence-corrected chi connectivity index (χ2v) is 6.98. The van der Waals surface area contributed by atoms with E-state index in [1.807, 2.05) is 36.4 Å². The Morgan fingerprint density at radius 3 is 2.29 bits per heavy atom. The molecule has 1 atom stereocenters. The fourth-order valence-electron chi connectivity index (χ4n) is 2.63. The quantitative estimate of drug-likeness (QED) is 0.651. The lowest BCUT2D eigenvalue weighted by atomic mass is 10.0. The number of anilines is 1. The zero-order valence-corrected chi connectivity index (χ0v) is 13.7. The lowest BCUT2D eigenvalue weighted by Gasteiger charge is -2.23. The third-order valence-electron chi connectivity index (χ3n) is 3.61. The number of hydrogen-bond donors (Lipinski definition) is 0. The minimum atomic E-state index is -1.07. The van der Waals surface area contributed by atoms with E-state index in [-0.39, 0.29) is 0 Å². The third-order valence-corrected chi connectivity index (χ3v) is 5.46. The average molecular weight is 340 g/mol. The van der Waals surface area contributed by atoms with Crippen molar-refractivity contribution in [3.8, 4) is 11.1 Å². The minimum Gasteiger partial charge on any atom is -0.369 e. The summed E-state index contributed by atoms with van der Waals surface area (Å²) in [7, 11) is -1.07. The summed E-state index contributed by atoms with van der Waals surface area (Å²) < 4.78 is 12.5. The van der Waals surface area contributed by atoms with Crippen molar-refractivity contribution in [1.29, 1.82) is 0 Å². The van der Waals surface area contributed by atoms with E-state index < -0.39 is 10.8 Å². The van der Waals surface area contributed by atoms with Gasteiger partial charge in [0.2, 0.25) is 0 Å². The Kier molecular flexibility index (Phi) is 4.53. The Labute approximate surface area is 137 Å². The number of fused-ring (bicyclic) bond motifs is 3. The Hall–Kier alpha value is -1.03. The van der Waals surface area contributed by atoms with E-state index in [2.05, 4.69) is 11.0 Å². The summed E-state index contributed by atoms with van der Waals surface area (Å²) in [5.74, 6) is 1.10. The van der Waals surface area contributed by atoms with Gasteiger partial charge in [0.25, 0.3) is 0 Å². The topological polar surface area (TPSA) is 20.3 Å². The van der Waals surface area contributed by atoms with Gasteiger partial charge in [0.05, 0.1) is 20.6 Å². The van der Waals surface area contributed by atoms with Gasteiger partial charge in [-0.05, 0) is 29.8 Å². The van der Waals surface area contributed by atoms with Crippen LogP contribution in [0.2, 0.25) is 0 Å². The largest absolute Gasteiger partial charge is 0.369 e. The van der Waals surface area contributed by atoms with Gasteiger partial charge in [-0.2, -0.15) is 0 Å². The van der Waals surface area contributed by atoms with Gasteiger partial charge in [-0.25, -0.2) is 4.21 Å². The maximum atomic E-state index is 12.5. The van der Waals surface area contributed by atoms with Crippen molar-refractivity contribution in [2.45, 2.75) is 9.79 Å². The summed E-state index contributed by atoms with van der Waals surface area (Å²) in [6.07, 6.45) is 0. The molecule has 0 fully saturated rings. The highest BCUT2D eigenvalue weighted by molar-refractivity contribution is 7.85. The van der Waals surface area contributed by atoms with Crippen LogP contribution >= 0.6 is 23.2 Å². The molecule has 0 saturated heterocycles. The molecular weight excluding hydrogens is 325 g/mol. The molecule has 0 saturated carbocycles. The first kappa shape index (κ1) is 14.9. The summed E-state index contributed by atoms with van der Waals surface area (Å²) in [5, 5.41) is 0. The smallest absolute Gasteiger partial charge is 0.0862 e. The number of hydrogen-bond acceptors (Lipinski definition) is 2. The number of benzene rings is 2. The Balaban J connectivity index is 2.05. The van der Waals surface area contributed by atoms with Gasteiger partial charge >= 0.3 is 0 Å². The summed E-state index contributed by atoms with van der Waals surface area (Å²) in [6, 6.07) is 13.9. The normalized spacial score (nSPS) is 15.6.